The number of aryl methyl sites for hydroxylation is 1. The number of alkyl halides is 2. The molecule has 0 radical (unpaired) electrons. The summed E-state index contributed by atoms with van der Waals surface area (Å²) in [5, 5.41) is 14.1. The van der Waals surface area contributed by atoms with Gasteiger partial charge in [-0.05, 0) is 54.7 Å². The van der Waals surface area contributed by atoms with E-state index in [4.69, 9.17) is 4.74 Å². The fourth-order valence-corrected chi connectivity index (χ4v) is 5.81. The summed E-state index contributed by atoms with van der Waals surface area (Å²) in [7, 11) is 1.67. The highest BCUT2D eigenvalue weighted by molar-refractivity contribution is 5.95. The lowest BCUT2D eigenvalue weighted by atomic mass is 9.88. The predicted molar refractivity (Wildman–Crippen MR) is 135 cm³/mol. The molecule has 7 nitrogen and oxygen atoms in total. The molecule has 1 unspecified atom stereocenters. The fourth-order valence-electron chi connectivity index (χ4n) is 5.81. The number of carbonyl (C=O) groups is 1. The molecule has 3 aromatic rings. The van der Waals surface area contributed by atoms with E-state index >= 15 is 0 Å². The van der Waals surface area contributed by atoms with Gasteiger partial charge in [0.05, 0.1) is 24.9 Å². The molecule has 3 N–H and O–H groups in total. The van der Waals surface area contributed by atoms with Crippen LogP contribution in [0.2, 0.25) is 0 Å². The molecule has 2 aliphatic rings. The Balaban J connectivity index is 1.57. The largest absolute Gasteiger partial charge is 0.496 e. The van der Waals surface area contributed by atoms with Crippen LogP contribution in [0.3, 0.4) is 0 Å². The van der Waals surface area contributed by atoms with E-state index in [0.717, 1.165) is 51.7 Å². The molecule has 0 saturated carbocycles. The van der Waals surface area contributed by atoms with Gasteiger partial charge in [0.2, 0.25) is 0 Å². The molecule has 1 saturated heterocycles. The molecule has 36 heavy (non-hydrogen) atoms. The number of H-pyrrole nitrogens is 1. The number of nitrogens with one attached hydrogen (secondary N) is 2. The molecule has 1 atom stereocenters. The van der Waals surface area contributed by atoms with E-state index in [9.17, 15) is 18.7 Å². The summed E-state index contributed by atoms with van der Waals surface area (Å²) in [5.74, 6) is -0.162. The molecule has 5 rings (SSSR count). The molecule has 192 valence electrons. The molecular weight excluding hydrogens is 466 g/mol. The second-order valence-corrected chi connectivity index (χ2v) is 9.67. The topological polar surface area (TPSA) is 80.8 Å². The lowest BCUT2D eigenvalue weighted by Gasteiger charge is -2.43. The first kappa shape index (κ1) is 24.5. The Bertz CT molecular complexity index is 1280. The molecule has 0 bridgehead atoms. The first-order valence-electron chi connectivity index (χ1n) is 12.4. The van der Waals surface area contributed by atoms with Gasteiger partial charge in [0.25, 0.3) is 6.43 Å². The highest BCUT2D eigenvalue weighted by Gasteiger charge is 2.34. The van der Waals surface area contributed by atoms with Crippen molar-refractivity contribution in [2.45, 2.75) is 38.8 Å². The van der Waals surface area contributed by atoms with Crippen LogP contribution in [0.25, 0.3) is 10.9 Å². The third-order valence-electron chi connectivity index (χ3n) is 7.51. The molecule has 9 heteroatoms. The minimum Gasteiger partial charge on any atom is -0.496 e. The third-order valence-corrected chi connectivity index (χ3v) is 7.51. The van der Waals surface area contributed by atoms with Crippen LogP contribution in [-0.2, 0) is 13.0 Å². The normalized spacial score (nSPS) is 18.9. The van der Waals surface area contributed by atoms with E-state index in [-0.39, 0.29) is 18.2 Å². The zero-order valence-electron chi connectivity index (χ0n) is 20.6. The number of aromatic amines is 1. The minimum atomic E-state index is -2.40. The summed E-state index contributed by atoms with van der Waals surface area (Å²) in [6, 6.07) is 7.46. The molecule has 3 heterocycles. The summed E-state index contributed by atoms with van der Waals surface area (Å²) in [4.78, 5) is 19.3. The summed E-state index contributed by atoms with van der Waals surface area (Å²) in [5.41, 5.74) is 6.13. The summed E-state index contributed by atoms with van der Waals surface area (Å²) < 4.78 is 32.4. The maximum absolute atomic E-state index is 13.3. The van der Waals surface area contributed by atoms with Crippen molar-refractivity contribution in [3.8, 4) is 5.75 Å². The Morgan fingerprint density at radius 2 is 2.11 bits per heavy atom. The van der Waals surface area contributed by atoms with Crippen molar-refractivity contribution in [1.29, 1.82) is 0 Å². The van der Waals surface area contributed by atoms with Crippen molar-refractivity contribution in [2.75, 3.05) is 45.2 Å². The average Bonchev–Trinajstić information content (AvgIpc) is 3.36. The highest BCUT2D eigenvalue weighted by atomic mass is 19.3. The van der Waals surface area contributed by atoms with E-state index in [0.29, 0.717) is 38.4 Å². The quantitative estimate of drug-likeness (QED) is 0.440. The molecule has 0 aliphatic carbocycles. The monoisotopic (exact) mass is 498 g/mol. The molecule has 0 spiro atoms. The first-order valence-corrected chi connectivity index (χ1v) is 12.4. The van der Waals surface area contributed by atoms with Crippen molar-refractivity contribution in [1.82, 2.24) is 14.8 Å². The van der Waals surface area contributed by atoms with Gasteiger partial charge in [-0.3, -0.25) is 9.80 Å². The number of anilines is 1. The number of carboxylic acid groups (broad SMARTS) is 1. The fraction of sp³-hybridized carbons (Fsp3) is 0.444. The summed E-state index contributed by atoms with van der Waals surface area (Å²) in [6.07, 6.45) is 1.17. The van der Waals surface area contributed by atoms with Gasteiger partial charge in [-0.15, -0.1) is 0 Å². The number of halogens is 2. The number of aromatic nitrogens is 1. The van der Waals surface area contributed by atoms with E-state index in [1.807, 2.05) is 30.2 Å². The van der Waals surface area contributed by atoms with E-state index in [1.165, 1.54) is 0 Å². The Morgan fingerprint density at radius 1 is 1.28 bits per heavy atom. The van der Waals surface area contributed by atoms with Crippen LogP contribution >= 0.6 is 0 Å². The number of methoxy groups -OCH3 is 1. The van der Waals surface area contributed by atoms with Gasteiger partial charge < -0.3 is 20.1 Å². The SMILES string of the molecule is COc1cc(C)c2[nH]ccc2c1CN1CCN(CC(F)F)CC1c1ccc(C(=O)O)c2c1CCCN2. The van der Waals surface area contributed by atoms with Crippen molar-refractivity contribution in [2.24, 2.45) is 0 Å². The summed E-state index contributed by atoms with van der Waals surface area (Å²) >= 11 is 0. The molecule has 0 amide bonds. The Labute approximate surface area is 209 Å². The number of nitrogens with zero attached hydrogens (tertiary/aromatic N) is 2. The average molecular weight is 499 g/mol. The van der Waals surface area contributed by atoms with Gasteiger partial charge in [-0.1, -0.05) is 6.07 Å². The van der Waals surface area contributed by atoms with Gasteiger partial charge >= 0.3 is 5.97 Å². The number of fused-ring (bicyclic) bond motifs is 2. The van der Waals surface area contributed by atoms with Crippen LogP contribution in [0.1, 0.15) is 45.1 Å². The van der Waals surface area contributed by atoms with Crippen molar-refractivity contribution in [3.63, 3.8) is 0 Å². The predicted octanol–water partition coefficient (Wildman–Crippen LogP) is 4.67. The number of carboxylic acids is 1. The van der Waals surface area contributed by atoms with Gasteiger partial charge in [0, 0.05) is 61.4 Å². The number of hydrogen-bond acceptors (Lipinski definition) is 5. The minimum absolute atomic E-state index is 0.158. The van der Waals surface area contributed by atoms with E-state index < -0.39 is 12.4 Å². The van der Waals surface area contributed by atoms with Crippen molar-refractivity contribution < 1.29 is 23.4 Å². The van der Waals surface area contributed by atoms with E-state index in [2.05, 4.69) is 21.3 Å². The van der Waals surface area contributed by atoms with Gasteiger partial charge in [0.1, 0.15) is 5.75 Å². The van der Waals surface area contributed by atoms with Crippen molar-refractivity contribution in [3.05, 3.63) is 58.3 Å². The van der Waals surface area contributed by atoms with Gasteiger partial charge in [-0.2, -0.15) is 0 Å². The number of benzene rings is 2. The second-order valence-electron chi connectivity index (χ2n) is 9.67. The standard InChI is InChI=1S/C27H32F2N4O3/c1-16-12-23(36-2)21(19-7-9-31-25(16)19)13-33-11-10-32(15-24(28)29)14-22(33)17-5-6-20(27(34)35)26-18(17)4-3-8-30-26/h5-7,9,12,22,24,30-31H,3-4,8,10-11,13-15H2,1-2H3,(H,34,35). The third kappa shape index (κ3) is 4.53. The van der Waals surface area contributed by atoms with Gasteiger partial charge in [-0.25, -0.2) is 13.6 Å². The zero-order chi connectivity index (χ0) is 25.4. The second kappa shape index (κ2) is 10.1. The van der Waals surface area contributed by atoms with Crippen LogP contribution in [0.5, 0.6) is 5.75 Å². The lowest BCUT2D eigenvalue weighted by Crippen LogP contribution is -2.49. The van der Waals surface area contributed by atoms with Gasteiger partial charge in [0.15, 0.2) is 0 Å². The van der Waals surface area contributed by atoms with E-state index in [1.54, 1.807) is 13.2 Å². The number of aromatic carboxylic acids is 1. The Morgan fingerprint density at radius 3 is 2.86 bits per heavy atom. The Kier molecular flexibility index (Phi) is 6.85. The zero-order valence-corrected chi connectivity index (χ0v) is 20.6. The maximum Gasteiger partial charge on any atom is 0.337 e. The summed E-state index contributed by atoms with van der Waals surface area (Å²) in [6.45, 7) is 4.69. The first-order chi connectivity index (χ1) is 17.4. The van der Waals surface area contributed by atoms with Crippen molar-refractivity contribution >= 4 is 22.6 Å². The highest BCUT2D eigenvalue weighted by Crippen LogP contribution is 2.39. The van der Waals surface area contributed by atoms with Crippen LogP contribution in [-0.4, -0.2) is 72.1 Å². The molecular formula is C27H32F2N4O3. The van der Waals surface area contributed by atoms with Crippen LogP contribution in [0.15, 0.2) is 30.5 Å². The molecule has 2 aromatic carbocycles. The molecule has 2 aliphatic heterocycles. The maximum atomic E-state index is 13.3. The van der Waals surface area contributed by atoms with Crippen LogP contribution < -0.4 is 10.1 Å². The number of rotatable bonds is 7. The van der Waals surface area contributed by atoms with Crippen LogP contribution in [0, 0.1) is 6.92 Å². The number of piperazine rings is 1. The lowest BCUT2D eigenvalue weighted by molar-refractivity contribution is 0.0243. The number of ether oxygens (including phenoxy) is 1. The number of hydrogen-bond donors (Lipinski definition) is 3. The van der Waals surface area contributed by atoms with Crippen LogP contribution in [0.4, 0.5) is 14.5 Å². The molecule has 1 fully saturated rings. The molecule has 1 aromatic heterocycles. The smallest absolute Gasteiger partial charge is 0.337 e. The Hall–Kier alpha value is -3.17.